The average molecular weight is 188 g/mol. The molecule has 0 aromatic rings. The van der Waals surface area contributed by atoms with Gasteiger partial charge in [0.25, 0.3) is 0 Å². The number of nitrogens with zero attached hydrogens (tertiary/aromatic N) is 1. The monoisotopic (exact) mass is 188 g/mol. The lowest BCUT2D eigenvalue weighted by Crippen LogP contribution is -2.33. The number of carbonyl (C=O) groups excluding carboxylic acids is 1. The standard InChI is InChI=1S/C8H16N2O3/c1-6(11)9-2-3-10-4-7(12)8(13)5-10/h7-8,12-13H,2-5H2,1H3,(H,9,11). The van der Waals surface area contributed by atoms with Crippen LogP contribution in [0, 0.1) is 0 Å². The lowest BCUT2D eigenvalue weighted by atomic mass is 10.3. The van der Waals surface area contributed by atoms with Crippen LogP contribution in [0.4, 0.5) is 0 Å². The van der Waals surface area contributed by atoms with Gasteiger partial charge in [-0.15, -0.1) is 0 Å². The van der Waals surface area contributed by atoms with Gasteiger partial charge in [0.05, 0.1) is 12.2 Å². The van der Waals surface area contributed by atoms with E-state index in [0.29, 0.717) is 26.2 Å². The fourth-order valence-corrected chi connectivity index (χ4v) is 1.42. The normalized spacial score (nSPS) is 29.2. The number of aliphatic hydroxyl groups is 2. The van der Waals surface area contributed by atoms with Crippen molar-refractivity contribution in [1.82, 2.24) is 10.2 Å². The minimum absolute atomic E-state index is 0.0553. The summed E-state index contributed by atoms with van der Waals surface area (Å²) in [5, 5.41) is 21.1. The van der Waals surface area contributed by atoms with Crippen LogP contribution in [0.3, 0.4) is 0 Å². The van der Waals surface area contributed by atoms with Gasteiger partial charge in [-0.3, -0.25) is 9.69 Å². The van der Waals surface area contributed by atoms with Crippen molar-refractivity contribution in [1.29, 1.82) is 0 Å². The van der Waals surface area contributed by atoms with Gasteiger partial charge in [-0.1, -0.05) is 0 Å². The molecule has 5 heteroatoms. The van der Waals surface area contributed by atoms with E-state index in [9.17, 15) is 15.0 Å². The largest absolute Gasteiger partial charge is 0.389 e. The molecule has 0 aliphatic carbocycles. The third-order valence-corrected chi connectivity index (χ3v) is 2.14. The number of hydrogen-bond donors (Lipinski definition) is 3. The zero-order valence-corrected chi connectivity index (χ0v) is 7.73. The molecular weight excluding hydrogens is 172 g/mol. The number of likely N-dealkylation sites (tertiary alicyclic amines) is 1. The van der Waals surface area contributed by atoms with Crippen molar-refractivity contribution >= 4 is 5.91 Å². The van der Waals surface area contributed by atoms with Gasteiger partial charge in [-0.05, 0) is 0 Å². The quantitative estimate of drug-likeness (QED) is 0.486. The number of hydrogen-bond acceptors (Lipinski definition) is 4. The van der Waals surface area contributed by atoms with Gasteiger partial charge >= 0.3 is 0 Å². The minimum atomic E-state index is -0.641. The highest BCUT2D eigenvalue weighted by Gasteiger charge is 2.28. The summed E-state index contributed by atoms with van der Waals surface area (Å²) < 4.78 is 0. The molecule has 1 saturated heterocycles. The zero-order valence-electron chi connectivity index (χ0n) is 7.73. The van der Waals surface area contributed by atoms with Crippen molar-refractivity contribution < 1.29 is 15.0 Å². The summed E-state index contributed by atoms with van der Waals surface area (Å²) in [5.74, 6) is -0.0553. The van der Waals surface area contributed by atoms with E-state index in [2.05, 4.69) is 5.32 Å². The number of β-amino-alcohol motifs (C(OH)–C–C–N with tert-alkyl or cyclic N) is 2. The number of aliphatic hydroxyl groups excluding tert-OH is 2. The molecule has 1 heterocycles. The van der Waals surface area contributed by atoms with E-state index in [0.717, 1.165) is 0 Å². The van der Waals surface area contributed by atoms with E-state index in [1.165, 1.54) is 6.92 Å². The molecule has 0 bridgehead atoms. The van der Waals surface area contributed by atoms with Gasteiger partial charge in [0.1, 0.15) is 0 Å². The first-order valence-corrected chi connectivity index (χ1v) is 4.42. The topological polar surface area (TPSA) is 72.8 Å². The Hall–Kier alpha value is -0.650. The summed E-state index contributed by atoms with van der Waals surface area (Å²) in [6.07, 6.45) is -1.28. The van der Waals surface area contributed by atoms with E-state index >= 15 is 0 Å². The maximum atomic E-state index is 10.5. The van der Waals surface area contributed by atoms with Crippen molar-refractivity contribution in [2.45, 2.75) is 19.1 Å². The Balaban J connectivity index is 2.13. The summed E-state index contributed by atoms with van der Waals surface area (Å²) in [7, 11) is 0. The molecule has 1 aliphatic heterocycles. The Kier molecular flexibility index (Phi) is 3.65. The fraction of sp³-hybridized carbons (Fsp3) is 0.875. The molecule has 0 aromatic carbocycles. The first kappa shape index (κ1) is 10.4. The van der Waals surface area contributed by atoms with Gasteiger partial charge in [0.2, 0.25) is 5.91 Å². The molecule has 1 amide bonds. The first-order valence-electron chi connectivity index (χ1n) is 4.42. The maximum absolute atomic E-state index is 10.5. The summed E-state index contributed by atoms with van der Waals surface area (Å²) in [6.45, 7) is 3.68. The highest BCUT2D eigenvalue weighted by molar-refractivity contribution is 5.72. The summed E-state index contributed by atoms with van der Waals surface area (Å²) in [5.41, 5.74) is 0. The van der Waals surface area contributed by atoms with Crippen molar-refractivity contribution in [3.05, 3.63) is 0 Å². The Morgan fingerprint density at radius 3 is 2.46 bits per heavy atom. The molecule has 0 spiro atoms. The highest BCUT2D eigenvalue weighted by atomic mass is 16.3. The molecule has 3 N–H and O–H groups in total. The van der Waals surface area contributed by atoms with Gasteiger partial charge in [-0.2, -0.15) is 0 Å². The smallest absolute Gasteiger partial charge is 0.216 e. The lowest BCUT2D eigenvalue weighted by molar-refractivity contribution is -0.119. The molecule has 2 atom stereocenters. The van der Waals surface area contributed by atoms with Crippen LogP contribution >= 0.6 is 0 Å². The third-order valence-electron chi connectivity index (χ3n) is 2.14. The summed E-state index contributed by atoms with van der Waals surface area (Å²) >= 11 is 0. The lowest BCUT2D eigenvalue weighted by Gasteiger charge is -2.14. The molecule has 1 fully saturated rings. The Labute approximate surface area is 77.3 Å². The SMILES string of the molecule is CC(=O)NCCN1CC(O)C(O)C1. The van der Waals surface area contributed by atoms with Crippen LogP contribution in [0.15, 0.2) is 0 Å². The highest BCUT2D eigenvalue weighted by Crippen LogP contribution is 2.08. The molecule has 1 rings (SSSR count). The molecule has 0 aromatic heterocycles. The van der Waals surface area contributed by atoms with Crippen LogP contribution in [0.25, 0.3) is 0 Å². The first-order chi connectivity index (χ1) is 6.09. The number of nitrogens with one attached hydrogen (secondary N) is 1. The molecule has 76 valence electrons. The molecule has 2 unspecified atom stereocenters. The van der Waals surface area contributed by atoms with Crippen LogP contribution in [0.1, 0.15) is 6.92 Å². The second-order valence-corrected chi connectivity index (χ2v) is 3.38. The molecule has 1 aliphatic rings. The number of carbonyl (C=O) groups is 1. The van der Waals surface area contributed by atoms with E-state index in [-0.39, 0.29) is 5.91 Å². The van der Waals surface area contributed by atoms with Crippen LogP contribution in [0.5, 0.6) is 0 Å². The van der Waals surface area contributed by atoms with Crippen LogP contribution in [-0.4, -0.2) is 59.4 Å². The average Bonchev–Trinajstić information content (AvgIpc) is 2.30. The van der Waals surface area contributed by atoms with Crippen molar-refractivity contribution in [3.8, 4) is 0 Å². The molecule has 0 radical (unpaired) electrons. The van der Waals surface area contributed by atoms with E-state index in [1.54, 1.807) is 0 Å². The van der Waals surface area contributed by atoms with Crippen LogP contribution < -0.4 is 5.32 Å². The van der Waals surface area contributed by atoms with Gasteiger partial charge in [0.15, 0.2) is 0 Å². The van der Waals surface area contributed by atoms with Crippen molar-refractivity contribution in [3.63, 3.8) is 0 Å². The zero-order chi connectivity index (χ0) is 9.84. The number of amides is 1. The fourth-order valence-electron chi connectivity index (χ4n) is 1.42. The molecule has 5 nitrogen and oxygen atoms in total. The van der Waals surface area contributed by atoms with Gasteiger partial charge in [-0.25, -0.2) is 0 Å². The van der Waals surface area contributed by atoms with Gasteiger partial charge < -0.3 is 15.5 Å². The van der Waals surface area contributed by atoms with Gasteiger partial charge in [0, 0.05) is 33.1 Å². The van der Waals surface area contributed by atoms with Crippen molar-refractivity contribution in [2.24, 2.45) is 0 Å². The van der Waals surface area contributed by atoms with Crippen LogP contribution in [0.2, 0.25) is 0 Å². The summed E-state index contributed by atoms with van der Waals surface area (Å²) in [6, 6.07) is 0. The Morgan fingerprint density at radius 2 is 2.00 bits per heavy atom. The van der Waals surface area contributed by atoms with E-state index in [4.69, 9.17) is 0 Å². The molecule has 0 saturated carbocycles. The summed E-state index contributed by atoms with van der Waals surface area (Å²) in [4.78, 5) is 12.4. The Bertz CT molecular complexity index is 176. The van der Waals surface area contributed by atoms with Crippen LogP contribution in [-0.2, 0) is 4.79 Å². The third kappa shape index (κ3) is 3.30. The second-order valence-electron chi connectivity index (χ2n) is 3.38. The predicted molar refractivity (Wildman–Crippen MR) is 47.1 cm³/mol. The van der Waals surface area contributed by atoms with E-state index < -0.39 is 12.2 Å². The van der Waals surface area contributed by atoms with Crippen molar-refractivity contribution in [2.75, 3.05) is 26.2 Å². The maximum Gasteiger partial charge on any atom is 0.216 e. The second kappa shape index (κ2) is 4.55. The molecular formula is C8H16N2O3. The molecule has 13 heavy (non-hydrogen) atoms. The minimum Gasteiger partial charge on any atom is -0.389 e. The van der Waals surface area contributed by atoms with E-state index in [1.807, 2.05) is 4.90 Å². The Morgan fingerprint density at radius 1 is 1.46 bits per heavy atom. The predicted octanol–water partition coefficient (Wildman–Crippen LogP) is -1.84. The number of rotatable bonds is 3.